The number of nitrogens with zero attached hydrogens (tertiary/aromatic N) is 2. The molecule has 2 heterocycles. The van der Waals surface area contributed by atoms with Crippen LogP contribution in [0.5, 0.6) is 0 Å². The van der Waals surface area contributed by atoms with E-state index in [4.69, 9.17) is 5.84 Å². The number of hydrazine groups is 1. The van der Waals surface area contributed by atoms with E-state index >= 15 is 0 Å². The Balaban J connectivity index is 1.94. The monoisotopic (exact) mass is 240 g/mol. The molecular weight excluding hydrogens is 220 g/mol. The first-order valence-electron chi connectivity index (χ1n) is 5.85. The lowest BCUT2D eigenvalue weighted by atomic mass is 10.0. The van der Waals surface area contributed by atoms with Crippen LogP contribution in [0.25, 0.3) is 0 Å². The van der Waals surface area contributed by atoms with Crippen LogP contribution < -0.4 is 11.3 Å². The van der Waals surface area contributed by atoms with Gasteiger partial charge in [0.1, 0.15) is 0 Å². The van der Waals surface area contributed by atoms with E-state index in [1.807, 2.05) is 17.9 Å². The van der Waals surface area contributed by atoms with Crippen molar-refractivity contribution in [3.05, 3.63) is 18.0 Å². The molecule has 0 aliphatic carbocycles. The number of aromatic nitrogens is 2. The van der Waals surface area contributed by atoms with Crippen molar-refractivity contribution in [3.8, 4) is 0 Å². The van der Waals surface area contributed by atoms with Crippen LogP contribution in [0.3, 0.4) is 0 Å². The van der Waals surface area contributed by atoms with Gasteiger partial charge in [0, 0.05) is 24.5 Å². The number of nitrogens with two attached hydrogens (primary N) is 1. The Kier molecular flexibility index (Phi) is 4.26. The van der Waals surface area contributed by atoms with Crippen LogP contribution >= 0.6 is 11.8 Å². The van der Waals surface area contributed by atoms with E-state index in [-0.39, 0.29) is 0 Å². The van der Waals surface area contributed by atoms with Gasteiger partial charge in [-0.3, -0.25) is 16.0 Å². The van der Waals surface area contributed by atoms with Crippen molar-refractivity contribution < 1.29 is 0 Å². The van der Waals surface area contributed by atoms with Gasteiger partial charge in [-0.1, -0.05) is 6.42 Å². The second kappa shape index (κ2) is 5.70. The standard InChI is InChI=1S/C11H20N4S/c1-15-8-9(7-13-15)6-10(14-12)11-4-2-3-5-16-11/h7-8,10-11,14H,2-6,12H2,1H3. The summed E-state index contributed by atoms with van der Waals surface area (Å²) >= 11 is 2.05. The molecule has 4 nitrogen and oxygen atoms in total. The molecule has 1 saturated heterocycles. The Hall–Kier alpha value is -0.520. The number of nitrogens with one attached hydrogen (secondary N) is 1. The molecule has 90 valence electrons. The van der Waals surface area contributed by atoms with Crippen LogP contribution in [0.1, 0.15) is 24.8 Å². The second-order valence-corrected chi connectivity index (χ2v) is 5.75. The Morgan fingerprint density at radius 2 is 2.56 bits per heavy atom. The minimum absolute atomic E-state index is 0.370. The number of rotatable bonds is 4. The Morgan fingerprint density at radius 1 is 1.69 bits per heavy atom. The summed E-state index contributed by atoms with van der Waals surface area (Å²) in [6, 6.07) is 0.370. The summed E-state index contributed by atoms with van der Waals surface area (Å²) in [5.41, 5.74) is 4.23. The highest BCUT2D eigenvalue weighted by Crippen LogP contribution is 2.28. The van der Waals surface area contributed by atoms with Gasteiger partial charge < -0.3 is 0 Å². The van der Waals surface area contributed by atoms with Crippen LogP contribution in [0.2, 0.25) is 0 Å². The summed E-state index contributed by atoms with van der Waals surface area (Å²) in [5.74, 6) is 6.94. The molecule has 1 aromatic rings. The van der Waals surface area contributed by atoms with Gasteiger partial charge in [0.25, 0.3) is 0 Å². The minimum atomic E-state index is 0.370. The molecule has 0 bridgehead atoms. The van der Waals surface area contributed by atoms with Crippen molar-refractivity contribution in [2.75, 3.05) is 5.75 Å². The highest BCUT2D eigenvalue weighted by atomic mass is 32.2. The molecule has 1 fully saturated rings. The first-order chi connectivity index (χ1) is 7.79. The van der Waals surface area contributed by atoms with Gasteiger partial charge >= 0.3 is 0 Å². The summed E-state index contributed by atoms with van der Waals surface area (Å²) < 4.78 is 1.84. The van der Waals surface area contributed by atoms with Crippen LogP contribution in [0.4, 0.5) is 0 Å². The van der Waals surface area contributed by atoms with E-state index in [1.54, 1.807) is 0 Å². The second-order valence-electron chi connectivity index (χ2n) is 4.40. The molecule has 2 unspecified atom stereocenters. The van der Waals surface area contributed by atoms with E-state index in [0.717, 1.165) is 6.42 Å². The lowest BCUT2D eigenvalue weighted by molar-refractivity contribution is 0.472. The normalized spacial score (nSPS) is 23.2. The first-order valence-corrected chi connectivity index (χ1v) is 6.89. The zero-order valence-corrected chi connectivity index (χ0v) is 10.5. The third-order valence-electron chi connectivity index (χ3n) is 3.09. The molecule has 3 N–H and O–H groups in total. The average Bonchev–Trinajstić information content (AvgIpc) is 2.73. The molecule has 2 atom stereocenters. The van der Waals surface area contributed by atoms with Crippen LogP contribution in [-0.2, 0) is 13.5 Å². The van der Waals surface area contributed by atoms with E-state index in [2.05, 4.69) is 28.5 Å². The molecule has 0 amide bonds. The lowest BCUT2D eigenvalue weighted by Gasteiger charge is -2.29. The quantitative estimate of drug-likeness (QED) is 0.611. The molecule has 0 radical (unpaired) electrons. The average molecular weight is 240 g/mol. The summed E-state index contributed by atoms with van der Waals surface area (Å²) in [6.45, 7) is 0. The maximum absolute atomic E-state index is 5.67. The predicted molar refractivity (Wildman–Crippen MR) is 68.1 cm³/mol. The first kappa shape index (κ1) is 12.0. The molecule has 0 saturated carbocycles. The molecule has 2 rings (SSSR count). The van der Waals surface area contributed by atoms with Gasteiger partial charge in [-0.25, -0.2) is 0 Å². The zero-order chi connectivity index (χ0) is 11.4. The maximum atomic E-state index is 5.67. The van der Waals surface area contributed by atoms with Crippen LogP contribution in [-0.4, -0.2) is 26.8 Å². The Morgan fingerprint density at radius 3 is 3.12 bits per heavy atom. The number of hydrogen-bond donors (Lipinski definition) is 2. The van der Waals surface area contributed by atoms with Crippen molar-refractivity contribution in [2.24, 2.45) is 12.9 Å². The third kappa shape index (κ3) is 2.99. The minimum Gasteiger partial charge on any atom is -0.276 e. The van der Waals surface area contributed by atoms with E-state index in [1.165, 1.54) is 30.6 Å². The van der Waals surface area contributed by atoms with Crippen molar-refractivity contribution in [3.63, 3.8) is 0 Å². The fraction of sp³-hybridized carbons (Fsp3) is 0.727. The van der Waals surface area contributed by atoms with Gasteiger partial charge in [0.05, 0.1) is 6.20 Å². The molecule has 0 aromatic carbocycles. The summed E-state index contributed by atoms with van der Waals surface area (Å²) in [5, 5.41) is 4.84. The number of thioether (sulfide) groups is 1. The highest BCUT2D eigenvalue weighted by Gasteiger charge is 2.23. The molecule has 1 aromatic heterocycles. The zero-order valence-electron chi connectivity index (χ0n) is 9.72. The lowest BCUT2D eigenvalue weighted by Crippen LogP contribution is -2.44. The molecule has 16 heavy (non-hydrogen) atoms. The van der Waals surface area contributed by atoms with Gasteiger partial charge in [-0.2, -0.15) is 16.9 Å². The number of aryl methyl sites for hydroxylation is 1. The van der Waals surface area contributed by atoms with E-state index in [0.29, 0.717) is 11.3 Å². The molecule has 5 heteroatoms. The third-order valence-corrected chi connectivity index (χ3v) is 4.61. The van der Waals surface area contributed by atoms with Gasteiger partial charge in [-0.05, 0) is 30.6 Å². The van der Waals surface area contributed by atoms with Crippen LogP contribution in [0, 0.1) is 0 Å². The summed E-state index contributed by atoms with van der Waals surface area (Å²) in [7, 11) is 1.95. The maximum Gasteiger partial charge on any atom is 0.0522 e. The molecule has 1 aliphatic rings. The fourth-order valence-electron chi connectivity index (χ4n) is 2.21. The van der Waals surface area contributed by atoms with Crippen molar-refractivity contribution in [2.45, 2.75) is 37.0 Å². The van der Waals surface area contributed by atoms with E-state index in [9.17, 15) is 0 Å². The smallest absolute Gasteiger partial charge is 0.0522 e. The summed E-state index contributed by atoms with van der Waals surface area (Å²) in [4.78, 5) is 0. The Bertz CT molecular complexity index is 320. The van der Waals surface area contributed by atoms with Gasteiger partial charge in [-0.15, -0.1) is 0 Å². The van der Waals surface area contributed by atoms with Gasteiger partial charge in [0.15, 0.2) is 0 Å². The largest absolute Gasteiger partial charge is 0.276 e. The van der Waals surface area contributed by atoms with Crippen molar-refractivity contribution >= 4 is 11.8 Å². The van der Waals surface area contributed by atoms with Crippen molar-refractivity contribution in [1.82, 2.24) is 15.2 Å². The van der Waals surface area contributed by atoms with E-state index < -0.39 is 0 Å². The summed E-state index contributed by atoms with van der Waals surface area (Å²) in [6.07, 6.45) is 8.94. The predicted octanol–water partition coefficient (Wildman–Crippen LogP) is 1.08. The highest BCUT2D eigenvalue weighted by molar-refractivity contribution is 8.00. The number of hydrogen-bond acceptors (Lipinski definition) is 4. The molecule has 1 aliphatic heterocycles. The van der Waals surface area contributed by atoms with Crippen molar-refractivity contribution in [1.29, 1.82) is 0 Å². The Labute approximate surface area is 101 Å². The molecular formula is C11H20N4S. The van der Waals surface area contributed by atoms with Crippen LogP contribution in [0.15, 0.2) is 12.4 Å². The molecule has 0 spiro atoms. The van der Waals surface area contributed by atoms with Gasteiger partial charge in [0.2, 0.25) is 0 Å². The fourth-order valence-corrected chi connectivity index (χ4v) is 3.63. The SMILES string of the molecule is Cn1cc(CC(NN)C2CCCCS2)cn1. The topological polar surface area (TPSA) is 55.9 Å².